The highest BCUT2D eigenvalue weighted by atomic mass is 32.2. The zero-order valence-electron chi connectivity index (χ0n) is 22.2. The highest BCUT2D eigenvalue weighted by Crippen LogP contribution is 2.19. The Morgan fingerprint density at radius 2 is 1.75 bits per heavy atom. The summed E-state index contributed by atoms with van der Waals surface area (Å²) < 4.78 is 34.2. The molecule has 2 aromatic heterocycles. The number of hydrogen-bond donors (Lipinski definition) is 3. The number of anilines is 1. The first-order valence-corrected chi connectivity index (χ1v) is 14.2. The third-order valence-corrected chi connectivity index (χ3v) is 7.96. The van der Waals surface area contributed by atoms with Crippen molar-refractivity contribution in [3.8, 4) is 11.8 Å². The van der Waals surface area contributed by atoms with Crippen LogP contribution in [0.1, 0.15) is 41.2 Å². The number of pyridine rings is 1. The maximum Gasteiger partial charge on any atom is 0.322 e. The lowest BCUT2D eigenvalue weighted by Gasteiger charge is -2.36. The van der Waals surface area contributed by atoms with E-state index in [0.717, 1.165) is 11.3 Å². The molecule has 0 saturated carbocycles. The Kier molecular flexibility index (Phi) is 9.21. The Morgan fingerprint density at radius 3 is 2.38 bits per heavy atom. The summed E-state index contributed by atoms with van der Waals surface area (Å²) in [6, 6.07) is 13.3. The van der Waals surface area contributed by atoms with Crippen LogP contribution in [0, 0.1) is 17.8 Å². The van der Waals surface area contributed by atoms with Crippen molar-refractivity contribution in [2.45, 2.75) is 26.4 Å². The zero-order chi connectivity index (χ0) is 28.7. The van der Waals surface area contributed by atoms with E-state index in [0.29, 0.717) is 24.4 Å². The molecule has 0 unspecified atom stereocenters. The number of hydrogen-bond acceptors (Lipinski definition) is 7. The minimum absolute atomic E-state index is 0.237. The van der Waals surface area contributed by atoms with Crippen LogP contribution in [0.4, 0.5) is 5.69 Å². The second-order valence-electron chi connectivity index (χ2n) is 9.56. The fourth-order valence-electron chi connectivity index (χ4n) is 4.10. The number of carbonyl (C=O) groups excluding carboxylic acids is 1. The number of aromatic nitrogens is 1. The third-order valence-electron chi connectivity index (χ3n) is 6.37. The Labute approximate surface area is 233 Å². The summed E-state index contributed by atoms with van der Waals surface area (Å²) in [6.45, 7) is 4.99. The van der Waals surface area contributed by atoms with Crippen LogP contribution >= 0.6 is 0 Å². The quantitative estimate of drug-likeness (QED) is 0.335. The summed E-state index contributed by atoms with van der Waals surface area (Å²) in [6.07, 6.45) is 3.08. The van der Waals surface area contributed by atoms with Gasteiger partial charge in [-0.25, -0.2) is 0 Å². The summed E-state index contributed by atoms with van der Waals surface area (Å²) in [5, 5.41) is 12.1. The molecule has 0 spiro atoms. The molecule has 1 amide bonds. The third kappa shape index (κ3) is 7.47. The maximum absolute atomic E-state index is 12.7. The highest BCUT2D eigenvalue weighted by Gasteiger charge is 2.32. The molecule has 11 nitrogen and oxygen atoms in total. The van der Waals surface area contributed by atoms with Crippen LogP contribution < -0.4 is 14.9 Å². The molecule has 1 aliphatic heterocycles. The number of nitrogens with one attached hydrogen (secondary N) is 2. The summed E-state index contributed by atoms with van der Waals surface area (Å²) >= 11 is 0. The molecule has 4 rings (SSSR count). The molecule has 0 aliphatic carbocycles. The predicted molar refractivity (Wildman–Crippen MR) is 149 cm³/mol. The molecule has 1 aliphatic rings. The van der Waals surface area contributed by atoms with Crippen molar-refractivity contribution >= 4 is 27.8 Å². The second kappa shape index (κ2) is 12.8. The molecule has 40 heavy (non-hydrogen) atoms. The lowest BCUT2D eigenvalue weighted by Crippen LogP contribution is -2.55. The average molecular weight is 566 g/mol. The first-order chi connectivity index (χ1) is 19.1. The highest BCUT2D eigenvalue weighted by molar-refractivity contribution is 7.87. The topological polar surface area (TPSA) is 145 Å². The second-order valence-corrected chi connectivity index (χ2v) is 11.3. The van der Waals surface area contributed by atoms with E-state index in [9.17, 15) is 23.1 Å². The molecular formula is C28H31N5O6S. The SMILES string of the molecule is CC(C)[C@@H](NS(=O)(=O)N1CCN(c2ccc(C#Cc3ccnc(C(=O)NCc4ccco4)c3)cc2)CC1)C(=O)O. The fourth-order valence-corrected chi connectivity index (χ4v) is 5.58. The summed E-state index contributed by atoms with van der Waals surface area (Å²) in [5.74, 6) is 4.88. The van der Waals surface area contributed by atoms with Gasteiger partial charge in [0.2, 0.25) is 0 Å². The van der Waals surface area contributed by atoms with E-state index in [-0.39, 0.29) is 37.2 Å². The van der Waals surface area contributed by atoms with E-state index in [4.69, 9.17) is 4.42 Å². The lowest BCUT2D eigenvalue weighted by molar-refractivity contribution is -0.140. The van der Waals surface area contributed by atoms with Crippen molar-refractivity contribution in [1.82, 2.24) is 19.3 Å². The van der Waals surface area contributed by atoms with E-state index in [1.807, 2.05) is 24.3 Å². The van der Waals surface area contributed by atoms with Gasteiger partial charge in [0.05, 0.1) is 12.8 Å². The Hall–Kier alpha value is -4.18. The van der Waals surface area contributed by atoms with Crippen LogP contribution in [-0.4, -0.2) is 66.9 Å². The van der Waals surface area contributed by atoms with Gasteiger partial charge in [-0.2, -0.15) is 17.4 Å². The molecule has 1 saturated heterocycles. The summed E-state index contributed by atoms with van der Waals surface area (Å²) in [7, 11) is -3.92. The van der Waals surface area contributed by atoms with Crippen LogP contribution in [-0.2, 0) is 21.5 Å². The molecule has 3 N–H and O–H groups in total. The van der Waals surface area contributed by atoms with E-state index in [1.54, 1.807) is 44.4 Å². The number of rotatable bonds is 9. The molecule has 1 aromatic carbocycles. The lowest BCUT2D eigenvalue weighted by atomic mass is 10.1. The van der Waals surface area contributed by atoms with Gasteiger partial charge in [0.1, 0.15) is 17.5 Å². The predicted octanol–water partition coefficient (Wildman–Crippen LogP) is 2.07. The Balaban J connectivity index is 1.32. The Bertz CT molecular complexity index is 1490. The van der Waals surface area contributed by atoms with Gasteiger partial charge in [-0.1, -0.05) is 25.7 Å². The largest absolute Gasteiger partial charge is 0.480 e. The molecule has 12 heteroatoms. The van der Waals surface area contributed by atoms with Crippen LogP contribution in [0.5, 0.6) is 0 Å². The van der Waals surface area contributed by atoms with Gasteiger partial charge >= 0.3 is 5.97 Å². The summed E-state index contributed by atoms with van der Waals surface area (Å²) in [4.78, 5) is 30.0. The van der Waals surface area contributed by atoms with Gasteiger partial charge in [0.25, 0.3) is 16.1 Å². The first kappa shape index (κ1) is 28.8. The van der Waals surface area contributed by atoms with E-state index in [2.05, 4.69) is 31.8 Å². The number of piperazine rings is 1. The Morgan fingerprint density at radius 1 is 1.05 bits per heavy atom. The number of carboxylic acid groups (broad SMARTS) is 1. The van der Waals surface area contributed by atoms with Crippen molar-refractivity contribution in [2.24, 2.45) is 5.92 Å². The van der Waals surface area contributed by atoms with E-state index in [1.165, 1.54) is 10.5 Å². The molecule has 0 bridgehead atoms. The number of aliphatic carboxylic acids is 1. The molecule has 1 atom stereocenters. The standard InChI is InChI=1S/C28H31N5O6S/c1-20(2)26(28(35)36)31-40(37,38)33-15-13-32(14-16-33)23-9-7-21(8-10-23)5-6-22-11-12-29-25(18-22)27(34)30-19-24-4-3-17-39-24/h3-4,7-12,17-18,20,26,31H,13-16,19H2,1-2H3,(H,30,34)(H,35,36)/t26-/m1/s1. The van der Waals surface area contributed by atoms with Crippen LogP contribution in [0.15, 0.2) is 65.4 Å². The van der Waals surface area contributed by atoms with Crippen LogP contribution in [0.25, 0.3) is 0 Å². The monoisotopic (exact) mass is 565 g/mol. The van der Waals surface area contributed by atoms with Crippen molar-refractivity contribution in [2.75, 3.05) is 31.1 Å². The van der Waals surface area contributed by atoms with Crippen molar-refractivity contribution < 1.29 is 27.5 Å². The zero-order valence-corrected chi connectivity index (χ0v) is 23.0. The minimum Gasteiger partial charge on any atom is -0.480 e. The van der Waals surface area contributed by atoms with Crippen LogP contribution in [0.3, 0.4) is 0 Å². The van der Waals surface area contributed by atoms with E-state index >= 15 is 0 Å². The number of carbonyl (C=O) groups is 2. The van der Waals surface area contributed by atoms with Gasteiger partial charge in [0, 0.05) is 49.2 Å². The van der Waals surface area contributed by atoms with Gasteiger partial charge in [-0.3, -0.25) is 14.6 Å². The maximum atomic E-state index is 12.7. The van der Waals surface area contributed by atoms with E-state index < -0.39 is 22.2 Å². The number of benzene rings is 1. The van der Waals surface area contributed by atoms with Gasteiger partial charge in [0.15, 0.2) is 0 Å². The number of carboxylic acids is 1. The van der Waals surface area contributed by atoms with Gasteiger partial charge < -0.3 is 19.7 Å². The number of amides is 1. The molecule has 0 radical (unpaired) electrons. The first-order valence-electron chi connectivity index (χ1n) is 12.8. The van der Waals surface area contributed by atoms with Gasteiger partial charge in [-0.15, -0.1) is 0 Å². The van der Waals surface area contributed by atoms with Gasteiger partial charge in [-0.05, 0) is 54.4 Å². The fraction of sp³-hybridized carbons (Fsp3) is 0.321. The minimum atomic E-state index is -3.92. The molecular weight excluding hydrogens is 534 g/mol. The number of furan rings is 1. The molecule has 210 valence electrons. The smallest absolute Gasteiger partial charge is 0.322 e. The van der Waals surface area contributed by atoms with Crippen molar-refractivity contribution in [1.29, 1.82) is 0 Å². The molecule has 3 aromatic rings. The van der Waals surface area contributed by atoms with Crippen LogP contribution in [0.2, 0.25) is 0 Å². The normalized spacial score (nSPS) is 14.8. The average Bonchev–Trinajstić information content (AvgIpc) is 3.48. The molecule has 1 fully saturated rings. The number of nitrogens with zero attached hydrogens (tertiary/aromatic N) is 3. The van der Waals surface area contributed by atoms with Crippen molar-refractivity contribution in [3.63, 3.8) is 0 Å². The van der Waals surface area contributed by atoms with Crippen molar-refractivity contribution in [3.05, 3.63) is 83.6 Å². The molecule has 3 heterocycles. The summed E-state index contributed by atoms with van der Waals surface area (Å²) in [5.41, 5.74) is 2.62.